The van der Waals surface area contributed by atoms with Crippen LogP contribution in [0.1, 0.15) is 24.8 Å². The third-order valence-corrected chi connectivity index (χ3v) is 4.63. The number of amides is 1. The summed E-state index contributed by atoms with van der Waals surface area (Å²) in [6.45, 7) is 2.01. The average Bonchev–Trinajstić information content (AvgIpc) is 3.01. The number of hydrogen-bond acceptors (Lipinski definition) is 3. The number of para-hydroxylation sites is 1. The molecule has 0 saturated carbocycles. The fourth-order valence-corrected chi connectivity index (χ4v) is 3.31. The summed E-state index contributed by atoms with van der Waals surface area (Å²) in [7, 11) is 0. The second-order valence-corrected chi connectivity index (χ2v) is 6.41. The minimum Gasteiger partial charge on any atom is -0.377 e. The van der Waals surface area contributed by atoms with E-state index in [9.17, 15) is 4.79 Å². The van der Waals surface area contributed by atoms with Crippen LogP contribution in [0.5, 0.6) is 0 Å². The van der Waals surface area contributed by atoms with E-state index in [-0.39, 0.29) is 5.91 Å². The van der Waals surface area contributed by atoms with Gasteiger partial charge in [0.25, 0.3) is 5.91 Å². The van der Waals surface area contributed by atoms with Gasteiger partial charge in [0.2, 0.25) is 0 Å². The van der Waals surface area contributed by atoms with Crippen LogP contribution in [-0.2, 0) is 4.79 Å². The van der Waals surface area contributed by atoms with Crippen LogP contribution in [0.25, 0.3) is 0 Å². The Hall–Kier alpha value is -2.88. The van der Waals surface area contributed by atoms with Crippen molar-refractivity contribution in [3.05, 3.63) is 78.0 Å². The highest BCUT2D eigenvalue weighted by molar-refractivity contribution is 6.35. The van der Waals surface area contributed by atoms with Gasteiger partial charge in [0.15, 0.2) is 0 Å². The van der Waals surface area contributed by atoms with Crippen molar-refractivity contribution in [2.75, 3.05) is 18.1 Å². The van der Waals surface area contributed by atoms with E-state index in [2.05, 4.69) is 10.0 Å². The molecule has 25 heavy (non-hydrogen) atoms. The standard InChI is InChI=1S/C21H21N3O/c25-21-19(16-23-14-8-3-9-15-23)20(17-10-4-1-5-11-17)22-24(21)18-12-6-2-7-13-18/h1-2,4-7,10-13,16H,3,8-9,14-15H2/b19-16+. The first-order valence-corrected chi connectivity index (χ1v) is 8.83. The number of carbonyl (C=O) groups is 1. The molecule has 1 fully saturated rings. The van der Waals surface area contributed by atoms with Gasteiger partial charge in [-0.2, -0.15) is 10.1 Å². The summed E-state index contributed by atoms with van der Waals surface area (Å²) in [6.07, 6.45) is 5.63. The van der Waals surface area contributed by atoms with Crippen molar-refractivity contribution in [3.8, 4) is 0 Å². The Labute approximate surface area is 148 Å². The number of nitrogens with zero attached hydrogens (tertiary/aromatic N) is 3. The minimum atomic E-state index is -0.0596. The molecule has 0 atom stereocenters. The van der Waals surface area contributed by atoms with Gasteiger partial charge >= 0.3 is 0 Å². The van der Waals surface area contributed by atoms with Crippen LogP contribution < -0.4 is 5.01 Å². The predicted molar refractivity (Wildman–Crippen MR) is 100 cm³/mol. The predicted octanol–water partition coefficient (Wildman–Crippen LogP) is 3.81. The maximum atomic E-state index is 13.1. The van der Waals surface area contributed by atoms with E-state index in [4.69, 9.17) is 0 Å². The first kappa shape index (κ1) is 15.6. The molecule has 2 aromatic carbocycles. The van der Waals surface area contributed by atoms with Crippen molar-refractivity contribution < 1.29 is 4.79 Å². The Morgan fingerprint density at radius 3 is 2.16 bits per heavy atom. The molecule has 2 aliphatic rings. The largest absolute Gasteiger partial charge is 0.377 e. The number of hydrogen-bond donors (Lipinski definition) is 0. The summed E-state index contributed by atoms with van der Waals surface area (Å²) < 4.78 is 0. The molecule has 4 nitrogen and oxygen atoms in total. The van der Waals surface area contributed by atoms with Crippen molar-refractivity contribution in [2.24, 2.45) is 5.10 Å². The van der Waals surface area contributed by atoms with Crippen molar-refractivity contribution in [3.63, 3.8) is 0 Å². The van der Waals surface area contributed by atoms with Gasteiger partial charge in [-0.15, -0.1) is 0 Å². The SMILES string of the molecule is O=C1/C(=C/N2CCCCC2)C(c2ccccc2)=NN1c1ccccc1. The first-order valence-electron chi connectivity index (χ1n) is 8.83. The molecule has 1 amide bonds. The lowest BCUT2D eigenvalue weighted by molar-refractivity contribution is -0.114. The van der Waals surface area contributed by atoms with Gasteiger partial charge in [0, 0.05) is 24.9 Å². The number of hydrazone groups is 1. The summed E-state index contributed by atoms with van der Waals surface area (Å²) in [4.78, 5) is 15.3. The third kappa shape index (κ3) is 3.20. The zero-order valence-electron chi connectivity index (χ0n) is 14.1. The van der Waals surface area contributed by atoms with E-state index >= 15 is 0 Å². The Balaban J connectivity index is 1.74. The zero-order valence-corrected chi connectivity index (χ0v) is 14.1. The number of likely N-dealkylation sites (tertiary alicyclic amines) is 1. The molecule has 0 radical (unpaired) electrons. The maximum absolute atomic E-state index is 13.1. The van der Waals surface area contributed by atoms with E-state index in [0.29, 0.717) is 5.57 Å². The highest BCUT2D eigenvalue weighted by Crippen LogP contribution is 2.27. The highest BCUT2D eigenvalue weighted by atomic mass is 16.2. The molecule has 4 heteroatoms. The smallest absolute Gasteiger partial charge is 0.282 e. The van der Waals surface area contributed by atoms with Crippen LogP contribution in [0.2, 0.25) is 0 Å². The topological polar surface area (TPSA) is 35.9 Å². The molecule has 0 aliphatic carbocycles. The van der Waals surface area contributed by atoms with E-state index < -0.39 is 0 Å². The number of piperidine rings is 1. The molecule has 0 spiro atoms. The van der Waals surface area contributed by atoms with Crippen molar-refractivity contribution in [2.45, 2.75) is 19.3 Å². The van der Waals surface area contributed by atoms with E-state index in [0.717, 1.165) is 30.1 Å². The molecular weight excluding hydrogens is 310 g/mol. The Morgan fingerprint density at radius 2 is 1.48 bits per heavy atom. The van der Waals surface area contributed by atoms with Gasteiger partial charge in [0.05, 0.1) is 11.3 Å². The second kappa shape index (κ2) is 6.93. The maximum Gasteiger partial charge on any atom is 0.282 e. The molecule has 2 heterocycles. The lowest BCUT2D eigenvalue weighted by Crippen LogP contribution is -2.28. The summed E-state index contributed by atoms with van der Waals surface area (Å²) in [5.74, 6) is -0.0596. The minimum absolute atomic E-state index is 0.0596. The molecule has 2 aromatic rings. The molecule has 4 rings (SSSR count). The zero-order chi connectivity index (χ0) is 17.1. The Morgan fingerprint density at radius 1 is 0.840 bits per heavy atom. The van der Waals surface area contributed by atoms with Gasteiger partial charge in [-0.05, 0) is 31.4 Å². The molecule has 126 valence electrons. The Bertz CT molecular complexity index is 806. The number of rotatable bonds is 3. The summed E-state index contributed by atoms with van der Waals surface area (Å²) in [5.41, 5.74) is 3.19. The van der Waals surface area contributed by atoms with Crippen LogP contribution >= 0.6 is 0 Å². The quantitative estimate of drug-likeness (QED) is 0.802. The molecular formula is C21H21N3O. The highest BCUT2D eigenvalue weighted by Gasteiger charge is 2.32. The average molecular weight is 331 g/mol. The number of anilines is 1. The van der Waals surface area contributed by atoms with Crippen LogP contribution in [0.3, 0.4) is 0 Å². The van der Waals surface area contributed by atoms with Gasteiger partial charge < -0.3 is 4.90 Å². The van der Waals surface area contributed by atoms with Gasteiger partial charge in [0.1, 0.15) is 5.71 Å². The van der Waals surface area contributed by atoms with Crippen LogP contribution in [0.4, 0.5) is 5.69 Å². The summed E-state index contributed by atoms with van der Waals surface area (Å²) >= 11 is 0. The molecule has 0 unspecified atom stereocenters. The lowest BCUT2D eigenvalue weighted by atomic mass is 10.0. The number of carbonyl (C=O) groups excluding carboxylic acids is 1. The van der Waals surface area contributed by atoms with Crippen LogP contribution in [-0.4, -0.2) is 29.6 Å². The fourth-order valence-electron chi connectivity index (χ4n) is 3.31. The summed E-state index contributed by atoms with van der Waals surface area (Å²) in [6, 6.07) is 19.6. The van der Waals surface area contributed by atoms with Crippen molar-refractivity contribution in [1.82, 2.24) is 4.90 Å². The van der Waals surface area contributed by atoms with Crippen molar-refractivity contribution >= 4 is 17.3 Å². The van der Waals surface area contributed by atoms with Gasteiger partial charge in [-0.3, -0.25) is 4.79 Å². The van der Waals surface area contributed by atoms with E-state index in [1.54, 1.807) is 0 Å². The molecule has 0 bridgehead atoms. The lowest BCUT2D eigenvalue weighted by Gasteiger charge is -2.25. The van der Waals surface area contributed by atoms with E-state index in [1.807, 2.05) is 66.9 Å². The molecule has 0 aromatic heterocycles. The normalized spacial score (nSPS) is 19.4. The van der Waals surface area contributed by atoms with Crippen LogP contribution in [0.15, 0.2) is 77.5 Å². The van der Waals surface area contributed by atoms with Crippen LogP contribution in [0, 0.1) is 0 Å². The number of benzene rings is 2. The fraction of sp³-hybridized carbons (Fsp3) is 0.238. The Kier molecular flexibility index (Phi) is 4.34. The molecule has 2 aliphatic heterocycles. The first-order chi connectivity index (χ1) is 12.3. The van der Waals surface area contributed by atoms with E-state index in [1.165, 1.54) is 24.3 Å². The van der Waals surface area contributed by atoms with Gasteiger partial charge in [-0.25, -0.2) is 0 Å². The summed E-state index contributed by atoms with van der Waals surface area (Å²) in [5, 5.41) is 6.17. The third-order valence-electron chi connectivity index (χ3n) is 4.63. The molecule has 0 N–H and O–H groups in total. The van der Waals surface area contributed by atoms with Gasteiger partial charge in [-0.1, -0.05) is 48.5 Å². The molecule has 1 saturated heterocycles. The second-order valence-electron chi connectivity index (χ2n) is 6.41. The van der Waals surface area contributed by atoms with Crippen molar-refractivity contribution in [1.29, 1.82) is 0 Å². The monoisotopic (exact) mass is 331 g/mol.